The molecule has 1 aliphatic heterocycles. The summed E-state index contributed by atoms with van der Waals surface area (Å²) >= 11 is 1.33. The number of anilines is 2. The molecule has 2 aliphatic rings. The van der Waals surface area contributed by atoms with Crippen LogP contribution in [0.15, 0.2) is 0 Å². The van der Waals surface area contributed by atoms with Gasteiger partial charge in [-0.2, -0.15) is 0 Å². The number of nitrogens with one attached hydrogen (secondary N) is 2. The Morgan fingerprint density at radius 1 is 1.52 bits per heavy atom. The SMILES string of the molecule is CC1OCCC1(C)NC(=O)c1sc(NC2CCC2)nc1N. The van der Waals surface area contributed by atoms with E-state index in [1.807, 2.05) is 13.8 Å². The smallest absolute Gasteiger partial charge is 0.265 e. The fourth-order valence-corrected chi connectivity index (χ4v) is 3.46. The average Bonchev–Trinajstić information content (AvgIpc) is 2.89. The Hall–Kier alpha value is -1.34. The van der Waals surface area contributed by atoms with Crippen LogP contribution in [-0.4, -0.2) is 35.2 Å². The summed E-state index contributed by atoms with van der Waals surface area (Å²) < 4.78 is 5.54. The maximum Gasteiger partial charge on any atom is 0.265 e. The van der Waals surface area contributed by atoms with Gasteiger partial charge in [0, 0.05) is 12.6 Å². The van der Waals surface area contributed by atoms with Gasteiger partial charge in [-0.3, -0.25) is 4.79 Å². The van der Waals surface area contributed by atoms with Crippen molar-refractivity contribution in [3.63, 3.8) is 0 Å². The summed E-state index contributed by atoms with van der Waals surface area (Å²) in [6.45, 7) is 4.66. The van der Waals surface area contributed by atoms with Crippen molar-refractivity contribution in [1.29, 1.82) is 0 Å². The number of hydrogen-bond donors (Lipinski definition) is 3. The highest BCUT2D eigenvalue weighted by atomic mass is 32.1. The van der Waals surface area contributed by atoms with Crippen LogP contribution in [0.5, 0.6) is 0 Å². The van der Waals surface area contributed by atoms with Gasteiger partial charge in [0.1, 0.15) is 10.7 Å². The lowest BCUT2D eigenvalue weighted by Gasteiger charge is -2.28. The third-order valence-corrected chi connectivity index (χ3v) is 5.58. The fourth-order valence-electron chi connectivity index (χ4n) is 2.60. The van der Waals surface area contributed by atoms with Gasteiger partial charge in [0.25, 0.3) is 5.91 Å². The van der Waals surface area contributed by atoms with E-state index >= 15 is 0 Å². The zero-order valence-electron chi connectivity index (χ0n) is 12.4. The molecule has 1 aromatic heterocycles. The summed E-state index contributed by atoms with van der Waals surface area (Å²) in [5.74, 6) is 0.140. The molecule has 2 atom stereocenters. The van der Waals surface area contributed by atoms with Gasteiger partial charge in [-0.1, -0.05) is 11.3 Å². The maximum atomic E-state index is 12.5. The predicted molar refractivity (Wildman–Crippen MR) is 83.7 cm³/mol. The zero-order valence-corrected chi connectivity index (χ0v) is 13.3. The molecular weight excluding hydrogens is 288 g/mol. The molecule has 3 rings (SSSR count). The van der Waals surface area contributed by atoms with Crippen LogP contribution in [-0.2, 0) is 4.74 Å². The molecule has 1 saturated heterocycles. The van der Waals surface area contributed by atoms with E-state index in [-0.39, 0.29) is 17.6 Å². The lowest BCUT2D eigenvalue weighted by atomic mass is 9.93. The quantitative estimate of drug-likeness (QED) is 0.791. The molecule has 1 aliphatic carbocycles. The van der Waals surface area contributed by atoms with Gasteiger partial charge in [-0.25, -0.2) is 4.98 Å². The Labute approximate surface area is 128 Å². The van der Waals surface area contributed by atoms with E-state index in [1.165, 1.54) is 17.8 Å². The van der Waals surface area contributed by atoms with Crippen molar-refractivity contribution in [2.45, 2.75) is 57.2 Å². The first-order chi connectivity index (χ1) is 9.98. The van der Waals surface area contributed by atoms with Crippen molar-refractivity contribution in [2.75, 3.05) is 17.7 Å². The molecule has 0 aromatic carbocycles. The predicted octanol–water partition coefficient (Wildman–Crippen LogP) is 1.99. The minimum atomic E-state index is -0.338. The second-order valence-corrected chi connectivity index (χ2v) is 7.14. The number of carbonyl (C=O) groups is 1. The van der Waals surface area contributed by atoms with Crippen molar-refractivity contribution in [2.24, 2.45) is 0 Å². The zero-order chi connectivity index (χ0) is 15.0. The molecule has 7 heteroatoms. The van der Waals surface area contributed by atoms with E-state index in [1.54, 1.807) is 0 Å². The molecular formula is C14H22N4O2S. The number of nitrogens with two attached hydrogens (primary N) is 1. The number of thiazole rings is 1. The first-order valence-corrected chi connectivity index (χ1v) is 8.26. The highest BCUT2D eigenvalue weighted by Gasteiger charge is 2.39. The molecule has 2 heterocycles. The van der Waals surface area contributed by atoms with Crippen LogP contribution >= 0.6 is 11.3 Å². The largest absolute Gasteiger partial charge is 0.382 e. The summed E-state index contributed by atoms with van der Waals surface area (Å²) in [4.78, 5) is 17.2. The van der Waals surface area contributed by atoms with Gasteiger partial charge < -0.3 is 21.1 Å². The lowest BCUT2D eigenvalue weighted by molar-refractivity contribution is 0.0730. The van der Waals surface area contributed by atoms with Crippen LogP contribution in [0.1, 0.15) is 49.2 Å². The number of amides is 1. The Bertz CT molecular complexity index is 543. The van der Waals surface area contributed by atoms with E-state index in [9.17, 15) is 4.79 Å². The molecule has 0 bridgehead atoms. The number of rotatable bonds is 4. The van der Waals surface area contributed by atoms with Crippen molar-refractivity contribution in [3.05, 3.63) is 4.88 Å². The van der Waals surface area contributed by atoms with Crippen molar-refractivity contribution in [1.82, 2.24) is 10.3 Å². The summed E-state index contributed by atoms with van der Waals surface area (Å²) in [7, 11) is 0. The third-order valence-electron chi connectivity index (χ3n) is 4.58. The first kappa shape index (κ1) is 14.6. The van der Waals surface area contributed by atoms with Crippen LogP contribution < -0.4 is 16.4 Å². The molecule has 116 valence electrons. The van der Waals surface area contributed by atoms with Crippen molar-refractivity contribution < 1.29 is 9.53 Å². The minimum Gasteiger partial charge on any atom is -0.382 e. The van der Waals surface area contributed by atoms with Crippen molar-refractivity contribution >= 4 is 28.2 Å². The average molecular weight is 310 g/mol. The number of nitrogens with zero attached hydrogens (tertiary/aromatic N) is 1. The molecule has 4 N–H and O–H groups in total. The number of nitrogen functional groups attached to an aromatic ring is 1. The van der Waals surface area contributed by atoms with Crippen LogP contribution in [0.3, 0.4) is 0 Å². The van der Waals surface area contributed by atoms with E-state index in [2.05, 4.69) is 15.6 Å². The van der Waals surface area contributed by atoms with Gasteiger partial charge in [0.05, 0.1) is 11.6 Å². The van der Waals surface area contributed by atoms with Crippen LogP contribution in [0, 0.1) is 0 Å². The van der Waals surface area contributed by atoms with Crippen LogP contribution in [0.4, 0.5) is 10.9 Å². The van der Waals surface area contributed by atoms with Crippen LogP contribution in [0.25, 0.3) is 0 Å². The Morgan fingerprint density at radius 3 is 2.86 bits per heavy atom. The monoisotopic (exact) mass is 310 g/mol. The summed E-state index contributed by atoms with van der Waals surface area (Å²) in [5, 5.41) is 7.12. The van der Waals surface area contributed by atoms with Crippen molar-refractivity contribution in [3.8, 4) is 0 Å². The van der Waals surface area contributed by atoms with E-state index in [0.29, 0.717) is 23.3 Å². The molecule has 1 aromatic rings. The third kappa shape index (κ3) is 2.85. The lowest BCUT2D eigenvalue weighted by Crippen LogP contribution is -2.50. The van der Waals surface area contributed by atoms with Gasteiger partial charge in [-0.15, -0.1) is 0 Å². The Kier molecular flexibility index (Phi) is 3.79. The number of aromatic nitrogens is 1. The number of carbonyl (C=O) groups excluding carboxylic acids is 1. The standard InChI is InChI=1S/C14H22N4O2S/c1-8-14(2,6-7-20-8)18-12(19)10-11(15)17-13(21-10)16-9-4-3-5-9/h8-9H,3-7,15H2,1-2H3,(H,16,17)(H,18,19). The molecule has 1 saturated carbocycles. The maximum absolute atomic E-state index is 12.5. The van der Waals surface area contributed by atoms with Gasteiger partial charge in [0.15, 0.2) is 5.13 Å². The topological polar surface area (TPSA) is 89.3 Å². The summed E-state index contributed by atoms with van der Waals surface area (Å²) in [6, 6.07) is 0.479. The van der Waals surface area contributed by atoms with E-state index < -0.39 is 0 Å². The molecule has 2 unspecified atom stereocenters. The molecule has 21 heavy (non-hydrogen) atoms. The number of ether oxygens (including phenoxy) is 1. The second-order valence-electron chi connectivity index (χ2n) is 6.14. The first-order valence-electron chi connectivity index (χ1n) is 7.45. The molecule has 0 radical (unpaired) electrons. The Balaban J connectivity index is 1.69. The number of hydrogen-bond acceptors (Lipinski definition) is 6. The van der Waals surface area contributed by atoms with E-state index in [0.717, 1.165) is 24.4 Å². The molecule has 1 amide bonds. The second kappa shape index (κ2) is 5.46. The normalized spacial score (nSPS) is 29.1. The molecule has 0 spiro atoms. The molecule has 6 nitrogen and oxygen atoms in total. The van der Waals surface area contributed by atoms with Gasteiger partial charge >= 0.3 is 0 Å². The van der Waals surface area contributed by atoms with Crippen LogP contribution in [0.2, 0.25) is 0 Å². The summed E-state index contributed by atoms with van der Waals surface area (Å²) in [6.07, 6.45) is 4.39. The molecule has 2 fully saturated rings. The van der Waals surface area contributed by atoms with E-state index in [4.69, 9.17) is 10.5 Å². The summed E-state index contributed by atoms with van der Waals surface area (Å²) in [5.41, 5.74) is 5.56. The minimum absolute atomic E-state index is 0.00293. The van der Waals surface area contributed by atoms with Gasteiger partial charge in [0.2, 0.25) is 0 Å². The fraction of sp³-hybridized carbons (Fsp3) is 0.714. The Morgan fingerprint density at radius 2 is 2.29 bits per heavy atom. The highest BCUT2D eigenvalue weighted by molar-refractivity contribution is 7.18. The van der Waals surface area contributed by atoms with Gasteiger partial charge in [-0.05, 0) is 39.5 Å². The highest BCUT2D eigenvalue weighted by Crippen LogP contribution is 2.31.